The van der Waals surface area contributed by atoms with Crippen molar-refractivity contribution in [3.8, 4) is 0 Å². The van der Waals surface area contributed by atoms with Crippen molar-refractivity contribution in [1.82, 2.24) is 0 Å². The predicted molar refractivity (Wildman–Crippen MR) is 87.3 cm³/mol. The fourth-order valence-corrected chi connectivity index (χ4v) is 4.28. The van der Waals surface area contributed by atoms with Crippen LogP contribution in [0.15, 0.2) is 0 Å². The van der Waals surface area contributed by atoms with Gasteiger partial charge in [-0.05, 0) is 33.7 Å². The van der Waals surface area contributed by atoms with E-state index in [9.17, 15) is 0 Å². The van der Waals surface area contributed by atoms with Crippen molar-refractivity contribution in [3.05, 3.63) is 0 Å². The van der Waals surface area contributed by atoms with Crippen molar-refractivity contribution in [1.29, 1.82) is 0 Å². The number of nitrogens with two attached hydrogens (primary N) is 1. The van der Waals surface area contributed by atoms with Crippen LogP contribution >= 0.6 is 0 Å². The molecule has 0 unspecified atom stereocenters. The van der Waals surface area contributed by atoms with E-state index < -0.39 is 18.3 Å². The van der Waals surface area contributed by atoms with Crippen LogP contribution in [-0.4, -0.2) is 66.0 Å². The van der Waals surface area contributed by atoms with Gasteiger partial charge in [0.05, 0.1) is 0 Å². The third-order valence-electron chi connectivity index (χ3n) is 2.53. The van der Waals surface area contributed by atoms with Gasteiger partial charge >= 0.3 is 18.3 Å². The van der Waals surface area contributed by atoms with Gasteiger partial charge in [0, 0.05) is 47.2 Å². The van der Waals surface area contributed by atoms with Crippen LogP contribution in [0.3, 0.4) is 0 Å². The SMILES string of the molecule is CCO[SiH](OCC)OCC.CO[Si](CCCN)(OC)OC. The van der Waals surface area contributed by atoms with Gasteiger partial charge in [0.1, 0.15) is 0 Å². The highest BCUT2D eigenvalue weighted by Gasteiger charge is 2.36. The van der Waals surface area contributed by atoms with Crippen molar-refractivity contribution < 1.29 is 26.6 Å². The third-order valence-corrected chi connectivity index (χ3v) is 7.18. The minimum Gasteiger partial charge on any atom is -0.377 e. The van der Waals surface area contributed by atoms with Crippen molar-refractivity contribution in [3.63, 3.8) is 0 Å². The van der Waals surface area contributed by atoms with Gasteiger partial charge in [-0.2, -0.15) is 0 Å². The molecule has 0 spiro atoms. The summed E-state index contributed by atoms with van der Waals surface area (Å²) in [7, 11) is 0.768. The summed E-state index contributed by atoms with van der Waals surface area (Å²) >= 11 is 0. The minimum atomic E-state index is -2.32. The van der Waals surface area contributed by atoms with E-state index >= 15 is 0 Å². The first-order chi connectivity index (χ1) is 10.1. The van der Waals surface area contributed by atoms with Gasteiger partial charge in [0.15, 0.2) is 0 Å². The van der Waals surface area contributed by atoms with Gasteiger partial charge in [-0.3, -0.25) is 0 Å². The Kier molecular flexibility index (Phi) is 18.4. The maximum atomic E-state index is 5.36. The molecule has 0 saturated heterocycles. The second-order valence-corrected chi connectivity index (χ2v) is 8.51. The summed E-state index contributed by atoms with van der Waals surface area (Å²) in [6, 6.07) is 0.785. The first-order valence-corrected chi connectivity index (χ1v) is 10.6. The molecule has 0 amide bonds. The normalized spacial score (nSPS) is 11.4. The molecule has 0 fully saturated rings. The molecule has 130 valence electrons. The molecule has 21 heavy (non-hydrogen) atoms. The molecule has 0 aliphatic heterocycles. The lowest BCUT2D eigenvalue weighted by Gasteiger charge is -2.23. The standard InChI is InChI=1S/C6H17NO3Si.C6H16O3Si/c1-8-11(9-2,10-3)6-4-5-7;1-4-7-10(8-5-2)9-6-3/h4-7H2,1-3H3;10H,4-6H2,1-3H3. The lowest BCUT2D eigenvalue weighted by Crippen LogP contribution is -2.42. The van der Waals surface area contributed by atoms with Crippen molar-refractivity contribution in [2.45, 2.75) is 33.2 Å². The zero-order valence-corrected chi connectivity index (χ0v) is 16.5. The summed E-state index contributed by atoms with van der Waals surface area (Å²) < 4.78 is 31.2. The van der Waals surface area contributed by atoms with Gasteiger partial charge in [-0.25, -0.2) is 0 Å². The monoisotopic (exact) mass is 343 g/mol. The van der Waals surface area contributed by atoms with Gasteiger partial charge < -0.3 is 32.3 Å². The molecule has 0 bridgehead atoms. The molecule has 2 N–H and O–H groups in total. The molecule has 0 aromatic heterocycles. The minimum absolute atomic E-state index is 0.644. The summed E-state index contributed by atoms with van der Waals surface area (Å²) in [5.41, 5.74) is 5.36. The molecule has 0 aromatic rings. The summed E-state index contributed by atoms with van der Waals surface area (Å²) in [5, 5.41) is 0. The largest absolute Gasteiger partial charge is 0.500 e. The fraction of sp³-hybridized carbons (Fsp3) is 1.00. The first-order valence-electron chi connectivity index (χ1n) is 7.29. The Bertz CT molecular complexity index is 188. The molecule has 0 aliphatic rings. The maximum Gasteiger partial charge on any atom is 0.500 e. The van der Waals surface area contributed by atoms with E-state index in [0.717, 1.165) is 12.5 Å². The zero-order chi connectivity index (χ0) is 16.6. The molecule has 9 heteroatoms. The molecule has 0 rings (SSSR count). The third kappa shape index (κ3) is 12.4. The van der Waals surface area contributed by atoms with Crippen LogP contribution in [0.25, 0.3) is 0 Å². The summed E-state index contributed by atoms with van der Waals surface area (Å²) in [4.78, 5) is 0. The van der Waals surface area contributed by atoms with Gasteiger partial charge in [0.2, 0.25) is 0 Å². The van der Waals surface area contributed by atoms with E-state index in [-0.39, 0.29) is 0 Å². The Morgan fingerprint density at radius 3 is 1.43 bits per heavy atom. The molecule has 0 aromatic carbocycles. The van der Waals surface area contributed by atoms with Crippen LogP contribution in [0, 0.1) is 0 Å². The van der Waals surface area contributed by atoms with E-state index in [1.165, 1.54) is 0 Å². The summed E-state index contributed by atoms with van der Waals surface area (Å²) in [6.45, 7) is 8.50. The average molecular weight is 344 g/mol. The molecule has 7 nitrogen and oxygen atoms in total. The van der Waals surface area contributed by atoms with Crippen LogP contribution in [0.1, 0.15) is 27.2 Å². The van der Waals surface area contributed by atoms with Crippen LogP contribution in [0.4, 0.5) is 0 Å². The molecule has 0 heterocycles. The molecule has 0 saturated carbocycles. The van der Waals surface area contributed by atoms with Crippen LogP contribution in [0.2, 0.25) is 6.04 Å². The van der Waals surface area contributed by atoms with E-state index in [0.29, 0.717) is 26.4 Å². The predicted octanol–water partition coefficient (Wildman–Crippen LogP) is 1.03. The second kappa shape index (κ2) is 16.5. The highest BCUT2D eigenvalue weighted by molar-refractivity contribution is 6.60. The smallest absolute Gasteiger partial charge is 0.377 e. The van der Waals surface area contributed by atoms with Crippen molar-refractivity contribution in [2.24, 2.45) is 5.73 Å². The molecular formula is C12H33NO6Si2. The number of rotatable bonds is 12. The van der Waals surface area contributed by atoms with Crippen molar-refractivity contribution in [2.75, 3.05) is 47.7 Å². The Morgan fingerprint density at radius 2 is 1.19 bits per heavy atom. The van der Waals surface area contributed by atoms with Crippen molar-refractivity contribution >= 4 is 18.3 Å². The van der Waals surface area contributed by atoms with Crippen LogP contribution < -0.4 is 5.73 Å². The van der Waals surface area contributed by atoms with E-state index in [1.54, 1.807) is 21.3 Å². The van der Waals surface area contributed by atoms with E-state index in [2.05, 4.69) is 0 Å². The Morgan fingerprint density at radius 1 is 0.810 bits per heavy atom. The second-order valence-electron chi connectivity index (χ2n) is 3.84. The Hall–Kier alpha value is 0.154. The Labute approximate surface area is 132 Å². The lowest BCUT2D eigenvalue weighted by atomic mass is 10.5. The summed E-state index contributed by atoms with van der Waals surface area (Å²) in [5.74, 6) is 0. The van der Waals surface area contributed by atoms with Crippen LogP contribution in [-0.2, 0) is 26.6 Å². The first kappa shape index (κ1) is 23.4. The van der Waals surface area contributed by atoms with Crippen LogP contribution in [0.5, 0.6) is 0 Å². The molecular weight excluding hydrogens is 310 g/mol. The number of hydrogen-bond donors (Lipinski definition) is 1. The Balaban J connectivity index is 0. The molecule has 0 radical (unpaired) electrons. The molecule has 0 atom stereocenters. The zero-order valence-electron chi connectivity index (χ0n) is 14.3. The summed E-state index contributed by atoms with van der Waals surface area (Å²) in [6.07, 6.45) is 0.877. The maximum absolute atomic E-state index is 5.36. The van der Waals surface area contributed by atoms with Gasteiger partial charge in [-0.15, -0.1) is 0 Å². The highest BCUT2D eigenvalue weighted by Crippen LogP contribution is 2.13. The van der Waals surface area contributed by atoms with Gasteiger partial charge in [-0.1, -0.05) is 0 Å². The topological polar surface area (TPSA) is 81.4 Å². The number of hydrogen-bond acceptors (Lipinski definition) is 7. The van der Waals surface area contributed by atoms with E-state index in [1.807, 2.05) is 20.8 Å². The highest BCUT2D eigenvalue weighted by atomic mass is 28.4. The quantitative estimate of drug-likeness (QED) is 0.530. The average Bonchev–Trinajstić information content (AvgIpc) is 2.51. The van der Waals surface area contributed by atoms with E-state index in [4.69, 9.17) is 32.3 Å². The van der Waals surface area contributed by atoms with Gasteiger partial charge in [0.25, 0.3) is 0 Å². The molecule has 0 aliphatic carbocycles. The lowest BCUT2D eigenvalue weighted by molar-refractivity contribution is 0.107. The fourth-order valence-electron chi connectivity index (χ4n) is 1.43.